The Morgan fingerprint density at radius 1 is 1.25 bits per heavy atom. The van der Waals surface area contributed by atoms with Gasteiger partial charge in [0.25, 0.3) is 5.56 Å². The van der Waals surface area contributed by atoms with Gasteiger partial charge in [0.2, 0.25) is 0 Å². The van der Waals surface area contributed by atoms with E-state index in [0.717, 1.165) is 30.3 Å². The van der Waals surface area contributed by atoms with E-state index in [4.69, 9.17) is 0 Å². The fraction of sp³-hybridized carbons (Fsp3) is 0.714. The summed E-state index contributed by atoms with van der Waals surface area (Å²) in [6.45, 7) is 1.18. The number of aromatic nitrogens is 2. The Labute approximate surface area is 118 Å². The van der Waals surface area contributed by atoms with E-state index in [-0.39, 0.29) is 23.3 Å². The predicted molar refractivity (Wildman–Crippen MR) is 76.6 cm³/mol. The van der Waals surface area contributed by atoms with Gasteiger partial charge in [0, 0.05) is 38.9 Å². The Morgan fingerprint density at radius 3 is 2.65 bits per heavy atom. The monoisotopic (exact) mass is 281 g/mol. The zero-order valence-electron chi connectivity index (χ0n) is 12.1. The lowest BCUT2D eigenvalue weighted by Gasteiger charge is -2.27. The molecular weight excluding hydrogens is 258 g/mol. The molecule has 1 aromatic heterocycles. The van der Waals surface area contributed by atoms with Crippen LogP contribution in [0.25, 0.3) is 0 Å². The highest BCUT2D eigenvalue weighted by molar-refractivity contribution is 5.01. The summed E-state index contributed by atoms with van der Waals surface area (Å²) in [5.74, 6) is 0.271. The lowest BCUT2D eigenvalue weighted by molar-refractivity contribution is 0.0694. The fourth-order valence-corrected chi connectivity index (χ4v) is 2.76. The van der Waals surface area contributed by atoms with E-state index >= 15 is 0 Å². The standard InChI is InChI=1S/C14H23N3O3/c1-16-11(7-13(19)17(2)14(16)20)9-15-8-10-5-3-4-6-12(10)18/h7,10,12,15,18H,3-6,8-9H2,1-2H3. The van der Waals surface area contributed by atoms with Crippen molar-refractivity contribution in [2.45, 2.75) is 38.3 Å². The van der Waals surface area contributed by atoms with E-state index < -0.39 is 0 Å². The highest BCUT2D eigenvalue weighted by atomic mass is 16.3. The third-order valence-corrected chi connectivity index (χ3v) is 4.21. The minimum atomic E-state index is -0.313. The lowest BCUT2D eigenvalue weighted by atomic mass is 9.86. The summed E-state index contributed by atoms with van der Waals surface area (Å²) in [4.78, 5) is 23.4. The molecule has 1 aliphatic rings. The van der Waals surface area contributed by atoms with Crippen LogP contribution in [-0.4, -0.2) is 26.9 Å². The second kappa shape index (κ2) is 6.37. The first kappa shape index (κ1) is 15.0. The number of nitrogens with zero attached hydrogens (tertiary/aromatic N) is 2. The summed E-state index contributed by atoms with van der Waals surface area (Å²) in [6, 6.07) is 1.48. The average Bonchev–Trinajstić information content (AvgIpc) is 2.44. The van der Waals surface area contributed by atoms with Gasteiger partial charge < -0.3 is 10.4 Å². The largest absolute Gasteiger partial charge is 0.393 e. The van der Waals surface area contributed by atoms with Crippen molar-refractivity contribution in [3.05, 3.63) is 32.6 Å². The lowest BCUT2D eigenvalue weighted by Crippen LogP contribution is -2.40. The Morgan fingerprint density at radius 2 is 1.95 bits per heavy atom. The van der Waals surface area contributed by atoms with E-state index in [1.54, 1.807) is 7.05 Å². The first-order chi connectivity index (χ1) is 9.50. The molecule has 0 bridgehead atoms. The van der Waals surface area contributed by atoms with Crippen molar-refractivity contribution in [2.24, 2.45) is 20.0 Å². The molecule has 20 heavy (non-hydrogen) atoms. The maximum Gasteiger partial charge on any atom is 0.330 e. The van der Waals surface area contributed by atoms with Crippen LogP contribution in [-0.2, 0) is 20.6 Å². The van der Waals surface area contributed by atoms with Crippen molar-refractivity contribution in [1.82, 2.24) is 14.5 Å². The van der Waals surface area contributed by atoms with E-state index in [2.05, 4.69) is 5.32 Å². The minimum Gasteiger partial charge on any atom is -0.393 e. The zero-order chi connectivity index (χ0) is 14.7. The summed E-state index contributed by atoms with van der Waals surface area (Å²) in [5.41, 5.74) is 0.0676. The molecule has 2 rings (SSSR count). The SMILES string of the molecule is Cn1c(CNCC2CCCCC2O)cc(=O)n(C)c1=O. The second-order valence-corrected chi connectivity index (χ2v) is 5.62. The number of hydrogen-bond donors (Lipinski definition) is 2. The minimum absolute atomic E-state index is 0.233. The van der Waals surface area contributed by atoms with Gasteiger partial charge in [0.1, 0.15) is 0 Å². The van der Waals surface area contributed by atoms with Crippen LogP contribution in [0.3, 0.4) is 0 Å². The molecule has 2 unspecified atom stereocenters. The molecule has 0 aliphatic heterocycles. The summed E-state index contributed by atoms with van der Waals surface area (Å²) in [7, 11) is 3.13. The molecule has 112 valence electrons. The van der Waals surface area contributed by atoms with E-state index in [1.807, 2.05) is 0 Å². The molecule has 0 aromatic carbocycles. The average molecular weight is 281 g/mol. The van der Waals surface area contributed by atoms with Gasteiger partial charge in [-0.15, -0.1) is 0 Å². The van der Waals surface area contributed by atoms with Crippen molar-refractivity contribution in [3.8, 4) is 0 Å². The van der Waals surface area contributed by atoms with Crippen LogP contribution in [0, 0.1) is 5.92 Å². The highest BCUT2D eigenvalue weighted by Gasteiger charge is 2.22. The normalized spacial score (nSPS) is 22.9. The molecule has 0 radical (unpaired) electrons. The maximum absolute atomic E-state index is 11.8. The molecule has 1 aromatic rings. The fourth-order valence-electron chi connectivity index (χ4n) is 2.76. The van der Waals surface area contributed by atoms with Gasteiger partial charge in [-0.05, 0) is 18.8 Å². The molecule has 2 atom stereocenters. The Hall–Kier alpha value is -1.40. The van der Waals surface area contributed by atoms with Gasteiger partial charge in [-0.25, -0.2) is 4.79 Å². The summed E-state index contributed by atoms with van der Waals surface area (Å²) in [5, 5.41) is 13.1. The van der Waals surface area contributed by atoms with Crippen LogP contribution in [0.5, 0.6) is 0 Å². The Kier molecular flexibility index (Phi) is 4.77. The van der Waals surface area contributed by atoms with Crippen LogP contribution >= 0.6 is 0 Å². The first-order valence-electron chi connectivity index (χ1n) is 7.15. The third kappa shape index (κ3) is 3.19. The predicted octanol–water partition coefficient (Wildman–Crippen LogP) is -0.275. The van der Waals surface area contributed by atoms with E-state index in [9.17, 15) is 14.7 Å². The molecule has 6 heteroatoms. The third-order valence-electron chi connectivity index (χ3n) is 4.21. The summed E-state index contributed by atoms with van der Waals surface area (Å²) in [6.07, 6.45) is 3.93. The van der Waals surface area contributed by atoms with Crippen molar-refractivity contribution in [2.75, 3.05) is 6.54 Å². The van der Waals surface area contributed by atoms with Gasteiger partial charge >= 0.3 is 5.69 Å². The highest BCUT2D eigenvalue weighted by Crippen LogP contribution is 2.23. The van der Waals surface area contributed by atoms with Crippen molar-refractivity contribution < 1.29 is 5.11 Å². The van der Waals surface area contributed by atoms with Gasteiger partial charge in [0.15, 0.2) is 0 Å². The summed E-state index contributed by atoms with van der Waals surface area (Å²) >= 11 is 0. The van der Waals surface area contributed by atoms with E-state index in [1.165, 1.54) is 17.7 Å². The quantitative estimate of drug-likeness (QED) is 0.796. The number of hydrogen-bond acceptors (Lipinski definition) is 4. The molecule has 1 aliphatic carbocycles. The Bertz CT molecular complexity index is 576. The molecule has 2 N–H and O–H groups in total. The van der Waals surface area contributed by atoms with Crippen LogP contribution in [0.4, 0.5) is 0 Å². The smallest absolute Gasteiger partial charge is 0.330 e. The van der Waals surface area contributed by atoms with Crippen LogP contribution in [0.15, 0.2) is 15.7 Å². The molecule has 1 fully saturated rings. The van der Waals surface area contributed by atoms with Gasteiger partial charge in [-0.3, -0.25) is 13.9 Å². The van der Waals surface area contributed by atoms with Crippen molar-refractivity contribution in [3.63, 3.8) is 0 Å². The summed E-state index contributed by atoms with van der Waals surface area (Å²) < 4.78 is 2.57. The molecule has 6 nitrogen and oxygen atoms in total. The molecular formula is C14H23N3O3. The van der Waals surface area contributed by atoms with Gasteiger partial charge in [-0.1, -0.05) is 12.8 Å². The number of aliphatic hydroxyl groups excluding tert-OH is 1. The molecule has 0 saturated heterocycles. The van der Waals surface area contributed by atoms with Crippen LogP contribution < -0.4 is 16.6 Å². The zero-order valence-corrected chi connectivity index (χ0v) is 12.1. The topological polar surface area (TPSA) is 76.3 Å². The van der Waals surface area contributed by atoms with Crippen molar-refractivity contribution in [1.29, 1.82) is 0 Å². The van der Waals surface area contributed by atoms with Gasteiger partial charge in [-0.2, -0.15) is 0 Å². The van der Waals surface area contributed by atoms with E-state index in [0.29, 0.717) is 18.8 Å². The van der Waals surface area contributed by atoms with Crippen LogP contribution in [0.1, 0.15) is 31.4 Å². The molecule has 1 saturated carbocycles. The van der Waals surface area contributed by atoms with Crippen LogP contribution in [0.2, 0.25) is 0 Å². The molecule has 0 amide bonds. The Balaban J connectivity index is 1.98. The van der Waals surface area contributed by atoms with Gasteiger partial charge in [0.05, 0.1) is 6.10 Å². The molecule has 1 heterocycles. The number of rotatable bonds is 4. The van der Waals surface area contributed by atoms with Crippen molar-refractivity contribution >= 4 is 0 Å². The second-order valence-electron chi connectivity index (χ2n) is 5.62. The number of aliphatic hydroxyl groups is 1. The number of nitrogens with one attached hydrogen (secondary N) is 1. The molecule has 0 spiro atoms. The first-order valence-corrected chi connectivity index (χ1v) is 7.15. The maximum atomic E-state index is 11.8.